The van der Waals surface area contributed by atoms with Crippen LogP contribution in [0.3, 0.4) is 0 Å². The minimum Gasteiger partial charge on any atom is -0.454 e. The van der Waals surface area contributed by atoms with E-state index in [1.54, 1.807) is 18.2 Å². The summed E-state index contributed by atoms with van der Waals surface area (Å²) in [5.41, 5.74) is 13.9. The summed E-state index contributed by atoms with van der Waals surface area (Å²) in [6.45, 7) is 2.35. The number of aliphatic imine (C=N–C) groups is 1. The SMILES string of the molecule is NC(N)=NCCC[C@@H]1C[C@H](CNC(=O)c2ccc3c(c2)OCO3)CCN(CC(c2ccccc2)c2ccccc2)C1=O. The average molecular weight is 570 g/mol. The Balaban J connectivity index is 1.30. The quantitative estimate of drug-likeness (QED) is 0.182. The molecule has 3 aromatic rings. The van der Waals surface area contributed by atoms with Crippen LogP contribution in [0.2, 0.25) is 0 Å². The third-order valence-electron chi connectivity index (χ3n) is 8.08. The van der Waals surface area contributed by atoms with Crippen LogP contribution in [0.15, 0.2) is 83.9 Å². The van der Waals surface area contributed by atoms with Crippen LogP contribution < -0.4 is 26.3 Å². The summed E-state index contributed by atoms with van der Waals surface area (Å²) in [5, 5.41) is 3.09. The molecule has 1 saturated heterocycles. The smallest absolute Gasteiger partial charge is 0.251 e. The zero-order valence-corrected chi connectivity index (χ0v) is 23.8. The van der Waals surface area contributed by atoms with Gasteiger partial charge in [0, 0.05) is 43.6 Å². The molecule has 9 heteroatoms. The van der Waals surface area contributed by atoms with Gasteiger partial charge in [-0.3, -0.25) is 14.6 Å². The van der Waals surface area contributed by atoms with Gasteiger partial charge in [-0.1, -0.05) is 60.7 Å². The van der Waals surface area contributed by atoms with E-state index in [1.165, 1.54) is 11.1 Å². The number of rotatable bonds is 11. The van der Waals surface area contributed by atoms with Crippen molar-refractivity contribution in [3.8, 4) is 11.5 Å². The van der Waals surface area contributed by atoms with E-state index in [1.807, 2.05) is 41.3 Å². The van der Waals surface area contributed by atoms with Crippen molar-refractivity contribution in [2.75, 3.05) is 33.0 Å². The lowest BCUT2D eigenvalue weighted by molar-refractivity contribution is -0.135. The van der Waals surface area contributed by atoms with Crippen molar-refractivity contribution in [3.05, 3.63) is 95.6 Å². The lowest BCUT2D eigenvalue weighted by Crippen LogP contribution is -2.38. The monoisotopic (exact) mass is 569 g/mol. The van der Waals surface area contributed by atoms with Gasteiger partial charge in [0.05, 0.1) is 0 Å². The van der Waals surface area contributed by atoms with Gasteiger partial charge in [-0.05, 0) is 60.9 Å². The van der Waals surface area contributed by atoms with Crippen LogP contribution in [0.4, 0.5) is 0 Å². The molecule has 2 atom stereocenters. The molecule has 0 spiro atoms. The first-order chi connectivity index (χ1) is 20.5. The van der Waals surface area contributed by atoms with Crippen molar-refractivity contribution in [1.82, 2.24) is 10.2 Å². The van der Waals surface area contributed by atoms with Crippen molar-refractivity contribution in [1.29, 1.82) is 0 Å². The molecule has 3 aromatic carbocycles. The van der Waals surface area contributed by atoms with E-state index in [2.05, 4.69) is 34.6 Å². The Morgan fingerprint density at radius 1 is 0.976 bits per heavy atom. The number of nitrogens with two attached hydrogens (primary N) is 2. The standard InChI is InChI=1S/C33H39N5O4/c34-33(35)36-16-7-12-27-18-23(20-37-31(39)26-13-14-29-30(19-26)42-22-41-29)15-17-38(32(27)40)21-28(24-8-3-1-4-9-24)25-10-5-2-6-11-25/h1-6,8-11,13-14,19,23,27-28H,7,12,15-18,20-22H2,(H,37,39)(H4,34,35,36)/t23-,27-/m1/s1. The highest BCUT2D eigenvalue weighted by Crippen LogP contribution is 2.33. The topological polar surface area (TPSA) is 132 Å². The van der Waals surface area contributed by atoms with Gasteiger partial charge < -0.3 is 31.2 Å². The summed E-state index contributed by atoms with van der Waals surface area (Å²) in [6.07, 6.45) is 2.88. The van der Waals surface area contributed by atoms with Crippen molar-refractivity contribution in [2.45, 2.75) is 31.6 Å². The molecule has 0 unspecified atom stereocenters. The van der Waals surface area contributed by atoms with Gasteiger partial charge in [0.2, 0.25) is 12.7 Å². The van der Waals surface area contributed by atoms with E-state index in [4.69, 9.17) is 20.9 Å². The number of likely N-dealkylation sites (tertiary alicyclic amines) is 1. The molecular weight excluding hydrogens is 530 g/mol. The lowest BCUT2D eigenvalue weighted by Gasteiger charge is -2.29. The molecule has 2 amide bonds. The average Bonchev–Trinajstić information content (AvgIpc) is 3.43. The van der Waals surface area contributed by atoms with Crippen LogP contribution in [-0.4, -0.2) is 55.6 Å². The van der Waals surface area contributed by atoms with Crippen molar-refractivity contribution < 1.29 is 19.1 Å². The summed E-state index contributed by atoms with van der Waals surface area (Å²) in [4.78, 5) is 33.1. The van der Waals surface area contributed by atoms with E-state index in [-0.39, 0.29) is 42.3 Å². The Morgan fingerprint density at radius 2 is 1.67 bits per heavy atom. The molecule has 2 aliphatic heterocycles. The first-order valence-corrected chi connectivity index (χ1v) is 14.6. The van der Waals surface area contributed by atoms with Crippen molar-refractivity contribution >= 4 is 17.8 Å². The van der Waals surface area contributed by atoms with Crippen molar-refractivity contribution in [3.63, 3.8) is 0 Å². The number of hydrogen-bond acceptors (Lipinski definition) is 5. The molecule has 2 heterocycles. The summed E-state index contributed by atoms with van der Waals surface area (Å²) >= 11 is 0. The van der Waals surface area contributed by atoms with Crippen LogP contribution in [0.25, 0.3) is 0 Å². The van der Waals surface area contributed by atoms with Gasteiger partial charge in [0.1, 0.15) is 0 Å². The van der Waals surface area contributed by atoms with Crippen LogP contribution in [0, 0.1) is 11.8 Å². The minimum absolute atomic E-state index is 0.0564. The van der Waals surface area contributed by atoms with E-state index >= 15 is 0 Å². The maximum atomic E-state index is 14.0. The van der Waals surface area contributed by atoms with E-state index in [0.29, 0.717) is 62.5 Å². The predicted octanol–water partition coefficient (Wildman–Crippen LogP) is 3.89. The highest BCUT2D eigenvalue weighted by atomic mass is 16.7. The number of guanidine groups is 1. The zero-order chi connectivity index (χ0) is 29.3. The second-order valence-electron chi connectivity index (χ2n) is 11.0. The van der Waals surface area contributed by atoms with Gasteiger partial charge >= 0.3 is 0 Å². The number of ether oxygens (including phenoxy) is 2. The number of nitrogens with zero attached hydrogens (tertiary/aromatic N) is 2. The third kappa shape index (κ3) is 7.40. The molecule has 0 bridgehead atoms. The molecule has 2 aliphatic rings. The summed E-state index contributed by atoms with van der Waals surface area (Å²) in [7, 11) is 0. The van der Waals surface area contributed by atoms with Crippen LogP contribution >= 0.6 is 0 Å². The summed E-state index contributed by atoms with van der Waals surface area (Å²) in [5.74, 6) is 1.28. The van der Waals surface area contributed by atoms with E-state index < -0.39 is 0 Å². The fourth-order valence-electron chi connectivity index (χ4n) is 5.85. The van der Waals surface area contributed by atoms with Crippen LogP contribution in [0.1, 0.15) is 53.1 Å². The van der Waals surface area contributed by atoms with E-state index in [9.17, 15) is 9.59 Å². The second kappa shape index (κ2) is 13.9. The molecule has 0 aromatic heterocycles. The number of benzene rings is 3. The summed E-state index contributed by atoms with van der Waals surface area (Å²) in [6, 6.07) is 25.9. The number of nitrogens with one attached hydrogen (secondary N) is 1. The number of hydrogen-bond donors (Lipinski definition) is 3. The maximum Gasteiger partial charge on any atom is 0.251 e. The van der Waals surface area contributed by atoms with Crippen LogP contribution in [-0.2, 0) is 4.79 Å². The molecule has 0 aliphatic carbocycles. The Hall–Kier alpha value is -4.53. The van der Waals surface area contributed by atoms with Gasteiger partial charge in [-0.25, -0.2) is 0 Å². The van der Waals surface area contributed by atoms with Crippen LogP contribution in [0.5, 0.6) is 11.5 Å². The molecule has 5 N–H and O–H groups in total. The molecular formula is C33H39N5O4. The fourth-order valence-corrected chi connectivity index (χ4v) is 5.85. The lowest BCUT2D eigenvalue weighted by atomic mass is 9.89. The molecule has 5 rings (SSSR count). The maximum absolute atomic E-state index is 14.0. The zero-order valence-electron chi connectivity index (χ0n) is 23.8. The number of carbonyl (C=O) groups excluding carboxylic acids is 2. The highest BCUT2D eigenvalue weighted by molar-refractivity contribution is 5.95. The summed E-state index contributed by atoms with van der Waals surface area (Å²) < 4.78 is 10.8. The highest BCUT2D eigenvalue weighted by Gasteiger charge is 2.33. The number of carbonyl (C=O) groups is 2. The molecule has 1 fully saturated rings. The van der Waals surface area contributed by atoms with Gasteiger partial charge in [0.15, 0.2) is 17.5 Å². The second-order valence-corrected chi connectivity index (χ2v) is 11.0. The van der Waals surface area contributed by atoms with Gasteiger partial charge in [-0.15, -0.1) is 0 Å². The van der Waals surface area contributed by atoms with Gasteiger partial charge in [0.25, 0.3) is 5.91 Å². The largest absolute Gasteiger partial charge is 0.454 e. The van der Waals surface area contributed by atoms with E-state index in [0.717, 1.165) is 6.42 Å². The molecule has 9 nitrogen and oxygen atoms in total. The third-order valence-corrected chi connectivity index (χ3v) is 8.08. The minimum atomic E-state index is -0.179. The fraction of sp³-hybridized carbons (Fsp3) is 0.364. The normalized spacial score (nSPS) is 18.0. The Labute approximate surface area is 246 Å². The first-order valence-electron chi connectivity index (χ1n) is 14.6. The molecule has 220 valence electrons. The Kier molecular flexibility index (Phi) is 9.59. The van der Waals surface area contributed by atoms with Crippen molar-refractivity contribution in [2.24, 2.45) is 28.3 Å². The Morgan fingerprint density at radius 3 is 2.36 bits per heavy atom. The van der Waals surface area contributed by atoms with Gasteiger partial charge in [-0.2, -0.15) is 0 Å². The number of fused-ring (bicyclic) bond motifs is 1. The Bertz CT molecular complexity index is 1340. The molecule has 0 radical (unpaired) electrons. The predicted molar refractivity (Wildman–Crippen MR) is 162 cm³/mol. The number of amides is 2. The first kappa shape index (κ1) is 29.0. The molecule has 0 saturated carbocycles. The molecule has 42 heavy (non-hydrogen) atoms.